The van der Waals surface area contributed by atoms with E-state index in [1.807, 2.05) is 41.1 Å². The Kier molecular flexibility index (Phi) is 9.88. The van der Waals surface area contributed by atoms with E-state index >= 15 is 0 Å². The molecule has 1 atom stereocenters. The minimum absolute atomic E-state index is 0.0738. The first kappa shape index (κ1) is 36.8. The number of carbonyl (C=O) groups excluding carboxylic acids is 5. The molecule has 0 bridgehead atoms. The number of hydrogen-bond donors (Lipinski definition) is 2. The van der Waals surface area contributed by atoms with Gasteiger partial charge in [-0.1, -0.05) is 0 Å². The first-order valence-electron chi connectivity index (χ1n) is 19.6. The summed E-state index contributed by atoms with van der Waals surface area (Å²) in [7, 11) is 1.85. The predicted octanol–water partition coefficient (Wildman–Crippen LogP) is 1.57. The smallest absolute Gasteiger partial charge is 0.273 e. The van der Waals surface area contributed by atoms with Gasteiger partial charge in [0.2, 0.25) is 11.8 Å². The van der Waals surface area contributed by atoms with E-state index in [1.165, 1.54) is 6.20 Å². The Hall–Kier alpha value is -5.78. The predicted molar refractivity (Wildman–Crippen MR) is 208 cm³/mol. The number of piperidine rings is 2. The summed E-state index contributed by atoms with van der Waals surface area (Å²) in [5, 5.41) is 9.74. The van der Waals surface area contributed by atoms with E-state index in [4.69, 9.17) is 9.72 Å². The number of benzene rings is 1. The molecule has 296 valence electrons. The van der Waals surface area contributed by atoms with Gasteiger partial charge in [-0.3, -0.25) is 39.1 Å². The van der Waals surface area contributed by atoms with Crippen LogP contribution in [0.4, 0.5) is 17.2 Å². The number of aromatic nitrogens is 4. The summed E-state index contributed by atoms with van der Waals surface area (Å²) >= 11 is 0. The number of hydrogen-bond acceptors (Lipinski definition) is 13. The molecule has 0 saturated carbocycles. The van der Waals surface area contributed by atoms with E-state index in [0.717, 1.165) is 62.1 Å². The number of ether oxygens (including phenoxy) is 1. The second-order valence-electron chi connectivity index (χ2n) is 15.5. The maximum absolute atomic E-state index is 14.0. The topological polar surface area (TPSA) is 178 Å². The van der Waals surface area contributed by atoms with Crippen molar-refractivity contribution in [3.8, 4) is 0 Å². The van der Waals surface area contributed by atoms with Crippen molar-refractivity contribution in [2.24, 2.45) is 0 Å². The molecular formula is C40H45N11O6. The number of pyridine rings is 1. The molecule has 5 aliphatic rings. The Labute approximate surface area is 328 Å². The highest BCUT2D eigenvalue weighted by Crippen LogP contribution is 2.36. The minimum Gasteiger partial charge on any atom is -0.378 e. The number of likely N-dealkylation sites (tertiary alicyclic amines) is 1. The van der Waals surface area contributed by atoms with Crippen molar-refractivity contribution in [3.63, 3.8) is 0 Å². The molecule has 0 radical (unpaired) electrons. The van der Waals surface area contributed by atoms with Gasteiger partial charge in [-0.2, -0.15) is 5.10 Å². The average molecular weight is 776 g/mol. The van der Waals surface area contributed by atoms with E-state index in [0.29, 0.717) is 92.2 Å². The fourth-order valence-electron chi connectivity index (χ4n) is 8.80. The molecular weight excluding hydrogens is 731 g/mol. The molecule has 0 spiro atoms. The summed E-state index contributed by atoms with van der Waals surface area (Å²) in [6.07, 6.45) is 8.17. The molecule has 2 N–H and O–H groups in total. The molecule has 17 nitrogen and oxygen atoms in total. The highest BCUT2D eigenvalue weighted by Gasteiger charge is 2.40. The number of carbonyl (C=O) groups is 5. The van der Waals surface area contributed by atoms with Crippen LogP contribution in [0.15, 0.2) is 48.9 Å². The molecule has 8 heterocycles. The zero-order chi connectivity index (χ0) is 39.2. The normalized spacial score (nSPS) is 20.9. The standard InChI is InChI=1S/C40H45N11O6/c1-46(33-5-6-34(53)44-39(33)55)20-26-17-29(4-3-25(26)24-52)49-22-30(23-49)47-11-7-28(8-12-47)50-21-27-18-32(37(45-35(27)40(50)56)48-13-15-57-16-14-48)43-38(54)31-19-42-51-10-2-9-41-36(31)51/h2-4,9-10,17-19,24,28,30,33H,5-8,11-16,20-23H2,1H3,(H,43,54)(H,44,53,55). The van der Waals surface area contributed by atoms with Crippen LogP contribution >= 0.6 is 0 Å². The molecule has 5 aliphatic heterocycles. The van der Waals surface area contributed by atoms with Crippen molar-refractivity contribution < 1.29 is 28.7 Å². The van der Waals surface area contributed by atoms with E-state index in [1.54, 1.807) is 23.0 Å². The van der Waals surface area contributed by atoms with Crippen LogP contribution in [-0.2, 0) is 27.4 Å². The number of likely N-dealkylation sites (N-methyl/N-ethyl adjacent to an activating group) is 1. The number of amides is 4. The molecule has 1 unspecified atom stereocenters. The third-order valence-electron chi connectivity index (χ3n) is 12.1. The lowest BCUT2D eigenvalue weighted by Gasteiger charge is -2.49. The maximum atomic E-state index is 14.0. The van der Waals surface area contributed by atoms with Gasteiger partial charge < -0.3 is 24.8 Å². The second kappa shape index (κ2) is 15.3. The number of nitrogens with one attached hydrogen (secondary N) is 2. The monoisotopic (exact) mass is 775 g/mol. The summed E-state index contributed by atoms with van der Waals surface area (Å²) in [4.78, 5) is 83.5. The van der Waals surface area contributed by atoms with Crippen molar-refractivity contribution in [1.82, 2.24) is 39.6 Å². The molecule has 9 rings (SSSR count). The average Bonchev–Trinajstić information content (AvgIpc) is 3.78. The lowest BCUT2D eigenvalue weighted by atomic mass is 9.97. The van der Waals surface area contributed by atoms with E-state index in [9.17, 15) is 24.0 Å². The Balaban J connectivity index is 0.830. The number of nitrogens with zero attached hydrogens (tertiary/aromatic N) is 9. The third-order valence-corrected chi connectivity index (χ3v) is 12.1. The molecule has 4 aromatic rings. The van der Waals surface area contributed by atoms with Crippen LogP contribution in [0.25, 0.3) is 5.65 Å². The van der Waals surface area contributed by atoms with Crippen LogP contribution in [-0.4, -0.2) is 142 Å². The molecule has 4 amide bonds. The van der Waals surface area contributed by atoms with Crippen LogP contribution < -0.4 is 20.4 Å². The lowest BCUT2D eigenvalue weighted by Crippen LogP contribution is -2.62. The van der Waals surface area contributed by atoms with Crippen LogP contribution in [0.1, 0.15) is 68.0 Å². The third kappa shape index (κ3) is 7.10. The zero-order valence-corrected chi connectivity index (χ0v) is 31.8. The van der Waals surface area contributed by atoms with Crippen molar-refractivity contribution in [1.29, 1.82) is 0 Å². The molecule has 4 fully saturated rings. The van der Waals surface area contributed by atoms with Crippen molar-refractivity contribution >= 4 is 52.8 Å². The summed E-state index contributed by atoms with van der Waals surface area (Å²) in [6.45, 7) is 6.55. The minimum atomic E-state index is -0.422. The quantitative estimate of drug-likeness (QED) is 0.176. The van der Waals surface area contributed by atoms with Crippen molar-refractivity contribution in [2.45, 2.75) is 56.9 Å². The Morgan fingerprint density at radius 2 is 1.84 bits per heavy atom. The summed E-state index contributed by atoms with van der Waals surface area (Å²) < 4.78 is 7.14. The van der Waals surface area contributed by atoms with Crippen LogP contribution in [0.2, 0.25) is 0 Å². The van der Waals surface area contributed by atoms with E-state index < -0.39 is 6.04 Å². The largest absolute Gasteiger partial charge is 0.378 e. The number of fused-ring (bicyclic) bond motifs is 2. The molecule has 17 heteroatoms. The highest BCUT2D eigenvalue weighted by molar-refractivity contribution is 6.10. The van der Waals surface area contributed by atoms with Crippen LogP contribution in [0.5, 0.6) is 0 Å². The van der Waals surface area contributed by atoms with Gasteiger partial charge in [0.05, 0.1) is 31.1 Å². The molecule has 3 aromatic heterocycles. The Morgan fingerprint density at radius 3 is 2.61 bits per heavy atom. The summed E-state index contributed by atoms with van der Waals surface area (Å²) in [5.41, 5.74) is 5.05. The van der Waals surface area contributed by atoms with E-state index in [-0.39, 0.29) is 29.7 Å². The van der Waals surface area contributed by atoms with Crippen LogP contribution in [0.3, 0.4) is 0 Å². The number of anilines is 3. The van der Waals surface area contributed by atoms with Gasteiger partial charge in [-0.15, -0.1) is 0 Å². The van der Waals surface area contributed by atoms with Gasteiger partial charge >= 0.3 is 0 Å². The Bertz CT molecular complexity index is 2240. The molecule has 57 heavy (non-hydrogen) atoms. The maximum Gasteiger partial charge on any atom is 0.273 e. The first-order chi connectivity index (χ1) is 27.7. The fourth-order valence-corrected chi connectivity index (χ4v) is 8.80. The van der Waals surface area contributed by atoms with Crippen molar-refractivity contribution in [3.05, 3.63) is 76.9 Å². The van der Waals surface area contributed by atoms with Crippen LogP contribution in [0, 0.1) is 0 Å². The van der Waals surface area contributed by atoms with Crippen molar-refractivity contribution in [2.75, 3.05) is 74.6 Å². The molecule has 1 aromatic carbocycles. The lowest BCUT2D eigenvalue weighted by molar-refractivity contribution is -0.137. The van der Waals surface area contributed by atoms with Gasteiger partial charge in [0, 0.05) is 100 Å². The zero-order valence-electron chi connectivity index (χ0n) is 31.8. The van der Waals surface area contributed by atoms with Gasteiger partial charge in [0.1, 0.15) is 17.5 Å². The summed E-state index contributed by atoms with van der Waals surface area (Å²) in [6, 6.07) is 9.55. The second-order valence-corrected chi connectivity index (χ2v) is 15.5. The fraction of sp³-hybridized carbons (Fsp3) is 0.450. The van der Waals surface area contributed by atoms with Gasteiger partial charge in [0.15, 0.2) is 11.5 Å². The van der Waals surface area contributed by atoms with Gasteiger partial charge in [-0.05, 0) is 62.2 Å². The summed E-state index contributed by atoms with van der Waals surface area (Å²) in [5.74, 6) is -0.411. The molecule has 0 aliphatic carbocycles. The number of rotatable bonds is 10. The first-order valence-corrected chi connectivity index (χ1v) is 19.6. The molecule has 4 saturated heterocycles. The van der Waals surface area contributed by atoms with Gasteiger partial charge in [0.25, 0.3) is 11.8 Å². The number of imide groups is 1. The highest BCUT2D eigenvalue weighted by atomic mass is 16.5. The van der Waals surface area contributed by atoms with Gasteiger partial charge in [-0.25, -0.2) is 14.5 Å². The number of aldehydes is 1. The Morgan fingerprint density at radius 1 is 1.04 bits per heavy atom. The SMILES string of the molecule is CN(Cc1cc(N2CC(N3CCC(N4Cc5cc(NC(=O)c6cnn7cccnc67)c(N6CCOCC6)nc5C4=O)CC3)C2)ccc1C=O)C1CCC(=O)NC1=O. The number of morpholine rings is 1. The van der Waals surface area contributed by atoms with E-state index in [2.05, 4.69) is 35.4 Å².